The lowest BCUT2D eigenvalue weighted by Crippen LogP contribution is -2.33. The fourth-order valence-corrected chi connectivity index (χ4v) is 4.38. The summed E-state index contributed by atoms with van der Waals surface area (Å²) in [5.41, 5.74) is 0.939. The number of para-hydroxylation sites is 1. The van der Waals surface area contributed by atoms with E-state index in [9.17, 15) is 15.3 Å². The van der Waals surface area contributed by atoms with E-state index in [1.807, 2.05) is 30.3 Å². The quantitative estimate of drug-likeness (QED) is 0.396. The highest BCUT2D eigenvalue weighted by Gasteiger charge is 2.44. The number of aliphatic hydroxyl groups is 3. The first kappa shape index (κ1) is 22.6. The van der Waals surface area contributed by atoms with Crippen LogP contribution in [0.1, 0.15) is 37.7 Å². The molecule has 1 saturated carbocycles. The molecule has 0 unspecified atom stereocenters. The maximum absolute atomic E-state index is 10.5. The van der Waals surface area contributed by atoms with E-state index in [0.29, 0.717) is 23.0 Å². The lowest BCUT2D eigenvalue weighted by Gasteiger charge is -2.17. The first-order valence-electron chi connectivity index (χ1n) is 11.4. The summed E-state index contributed by atoms with van der Waals surface area (Å²) in [5.74, 6) is 7.45. The van der Waals surface area contributed by atoms with E-state index in [1.165, 1.54) is 6.33 Å². The van der Waals surface area contributed by atoms with Crippen molar-refractivity contribution >= 4 is 17.0 Å². The molecule has 10 nitrogen and oxygen atoms in total. The van der Waals surface area contributed by atoms with Gasteiger partial charge in [-0.05, 0) is 30.9 Å². The topological polar surface area (TPSA) is 135 Å². The number of hydrogen-bond acceptors (Lipinski definition) is 9. The monoisotopic (exact) mass is 465 g/mol. The number of anilines is 1. The zero-order valence-electron chi connectivity index (χ0n) is 18.5. The Kier molecular flexibility index (Phi) is 6.60. The average molecular weight is 466 g/mol. The van der Waals surface area contributed by atoms with Gasteiger partial charge in [0.2, 0.25) is 5.82 Å². The molecule has 3 heterocycles. The molecular formula is C24H27N5O5. The summed E-state index contributed by atoms with van der Waals surface area (Å²) < 4.78 is 12.9. The minimum absolute atomic E-state index is 0.172. The van der Waals surface area contributed by atoms with E-state index < -0.39 is 31.1 Å². The van der Waals surface area contributed by atoms with Gasteiger partial charge in [0.25, 0.3) is 0 Å². The molecule has 5 rings (SSSR count). The van der Waals surface area contributed by atoms with Gasteiger partial charge in [0, 0.05) is 6.04 Å². The van der Waals surface area contributed by atoms with Crippen LogP contribution in [-0.2, 0) is 4.74 Å². The van der Waals surface area contributed by atoms with Gasteiger partial charge in [-0.1, -0.05) is 37.0 Å². The highest BCUT2D eigenvalue weighted by Crippen LogP contribution is 2.33. The van der Waals surface area contributed by atoms with Gasteiger partial charge in [0.05, 0.1) is 12.9 Å². The van der Waals surface area contributed by atoms with Crippen LogP contribution in [0.5, 0.6) is 5.75 Å². The van der Waals surface area contributed by atoms with Gasteiger partial charge >= 0.3 is 0 Å². The van der Waals surface area contributed by atoms with Crippen LogP contribution in [0.4, 0.5) is 5.82 Å². The van der Waals surface area contributed by atoms with Crippen molar-refractivity contribution in [2.24, 2.45) is 0 Å². The molecule has 0 bridgehead atoms. The minimum atomic E-state index is -1.25. The molecule has 1 aliphatic heterocycles. The second-order valence-electron chi connectivity index (χ2n) is 8.48. The van der Waals surface area contributed by atoms with Crippen LogP contribution in [0.15, 0.2) is 36.7 Å². The maximum Gasteiger partial charge on any atom is 0.209 e. The molecule has 4 atom stereocenters. The lowest BCUT2D eigenvalue weighted by atomic mass is 10.1. The van der Waals surface area contributed by atoms with Crippen molar-refractivity contribution in [3.8, 4) is 17.6 Å². The second kappa shape index (κ2) is 9.95. The predicted octanol–water partition coefficient (Wildman–Crippen LogP) is 1.22. The van der Waals surface area contributed by atoms with Crippen LogP contribution in [0.2, 0.25) is 0 Å². The van der Waals surface area contributed by atoms with Crippen molar-refractivity contribution in [1.29, 1.82) is 0 Å². The van der Waals surface area contributed by atoms with Crippen molar-refractivity contribution < 1.29 is 24.8 Å². The Labute approximate surface area is 196 Å². The normalized spacial score (nSPS) is 24.8. The molecular weight excluding hydrogens is 438 g/mol. The number of fused-ring (bicyclic) bond motifs is 1. The third kappa shape index (κ3) is 4.56. The van der Waals surface area contributed by atoms with Crippen molar-refractivity contribution in [3.63, 3.8) is 0 Å². The summed E-state index contributed by atoms with van der Waals surface area (Å²) in [5, 5.41) is 33.6. The molecule has 2 aromatic heterocycles. The Morgan fingerprint density at radius 3 is 2.65 bits per heavy atom. The Hall–Kier alpha value is -3.23. The van der Waals surface area contributed by atoms with Gasteiger partial charge in [0.1, 0.15) is 30.7 Å². The summed E-state index contributed by atoms with van der Waals surface area (Å²) in [7, 11) is 0. The van der Waals surface area contributed by atoms with Gasteiger partial charge in [-0.2, -0.15) is 0 Å². The van der Waals surface area contributed by atoms with Crippen LogP contribution in [0, 0.1) is 11.8 Å². The standard InChI is InChI=1S/C24H27N5O5/c30-13-17-20(31)21(32)24(34-17)29-14-25-19-22(26-15-7-4-5-8-15)27-18(28-23(19)29)11-6-12-33-16-9-2-1-3-10-16/h1-3,9-10,14-15,17,20-21,24,30-32H,4-5,7-8,12-13H2,(H,26,27,28)/t17-,20-,21-,24-/m1/s1. The van der Waals surface area contributed by atoms with Crippen LogP contribution in [0.3, 0.4) is 0 Å². The Morgan fingerprint density at radius 1 is 1.12 bits per heavy atom. The van der Waals surface area contributed by atoms with Crippen LogP contribution >= 0.6 is 0 Å². The minimum Gasteiger partial charge on any atom is -0.481 e. The molecule has 1 aromatic carbocycles. The third-order valence-corrected chi connectivity index (χ3v) is 6.16. The van der Waals surface area contributed by atoms with Crippen molar-refractivity contribution in [3.05, 3.63) is 42.5 Å². The number of aliphatic hydroxyl groups excluding tert-OH is 3. The van der Waals surface area contributed by atoms with E-state index in [-0.39, 0.29) is 12.4 Å². The van der Waals surface area contributed by atoms with E-state index in [1.54, 1.807) is 4.57 Å². The van der Waals surface area contributed by atoms with Crippen LogP contribution in [0.25, 0.3) is 11.2 Å². The van der Waals surface area contributed by atoms with Gasteiger partial charge < -0.3 is 30.1 Å². The fourth-order valence-electron chi connectivity index (χ4n) is 4.38. The van der Waals surface area contributed by atoms with Gasteiger partial charge in [-0.25, -0.2) is 15.0 Å². The van der Waals surface area contributed by atoms with Gasteiger partial charge in [0.15, 0.2) is 23.2 Å². The summed E-state index contributed by atoms with van der Waals surface area (Å²) in [6.07, 6.45) is 1.59. The number of ether oxygens (including phenoxy) is 2. The number of hydrogen-bond donors (Lipinski definition) is 4. The molecule has 10 heteroatoms. The number of aromatic nitrogens is 4. The summed E-state index contributed by atoms with van der Waals surface area (Å²) >= 11 is 0. The first-order valence-corrected chi connectivity index (χ1v) is 11.4. The SMILES string of the molecule is OC[C@H]1O[C@@H](n2cnc3c(NC4CCCC4)nc(C#CCOc4ccccc4)nc32)[C@H](O)[C@@H]1O. The van der Waals surface area contributed by atoms with Crippen molar-refractivity contribution in [2.75, 3.05) is 18.5 Å². The Balaban J connectivity index is 1.46. The lowest BCUT2D eigenvalue weighted by molar-refractivity contribution is -0.0511. The average Bonchev–Trinajstić information content (AvgIpc) is 3.58. The summed E-state index contributed by atoms with van der Waals surface area (Å²) in [4.78, 5) is 13.6. The Bertz CT molecular complexity index is 1180. The second-order valence-corrected chi connectivity index (χ2v) is 8.48. The molecule has 34 heavy (non-hydrogen) atoms. The zero-order chi connectivity index (χ0) is 23.5. The summed E-state index contributed by atoms with van der Waals surface area (Å²) in [6.45, 7) is -0.242. The van der Waals surface area contributed by atoms with Crippen molar-refractivity contribution in [1.82, 2.24) is 19.5 Å². The predicted molar refractivity (Wildman–Crippen MR) is 123 cm³/mol. The first-order chi connectivity index (χ1) is 16.6. The number of nitrogens with one attached hydrogen (secondary N) is 1. The molecule has 0 amide bonds. The smallest absolute Gasteiger partial charge is 0.209 e. The van der Waals surface area contributed by atoms with Crippen LogP contribution < -0.4 is 10.1 Å². The molecule has 0 spiro atoms. The number of imidazole rings is 1. The van der Waals surface area contributed by atoms with E-state index in [0.717, 1.165) is 31.4 Å². The highest BCUT2D eigenvalue weighted by atomic mass is 16.6. The molecule has 2 fully saturated rings. The molecule has 3 aromatic rings. The van der Waals surface area contributed by atoms with E-state index in [2.05, 4.69) is 32.1 Å². The maximum atomic E-state index is 10.5. The third-order valence-electron chi connectivity index (χ3n) is 6.16. The zero-order valence-corrected chi connectivity index (χ0v) is 18.5. The van der Waals surface area contributed by atoms with E-state index in [4.69, 9.17) is 9.47 Å². The number of rotatable bonds is 6. The molecule has 4 N–H and O–H groups in total. The fraction of sp³-hybridized carbons (Fsp3) is 0.458. The Morgan fingerprint density at radius 2 is 1.91 bits per heavy atom. The summed E-state index contributed by atoms with van der Waals surface area (Å²) in [6, 6.07) is 9.69. The van der Waals surface area contributed by atoms with Gasteiger partial charge in [-0.3, -0.25) is 4.57 Å². The molecule has 2 aliphatic rings. The number of benzene rings is 1. The molecule has 1 saturated heterocycles. The molecule has 0 radical (unpaired) electrons. The number of nitrogens with zero attached hydrogens (tertiary/aromatic N) is 4. The largest absolute Gasteiger partial charge is 0.481 e. The van der Waals surface area contributed by atoms with Crippen LogP contribution in [-0.4, -0.2) is 72.4 Å². The van der Waals surface area contributed by atoms with E-state index >= 15 is 0 Å². The molecule has 1 aliphatic carbocycles. The highest BCUT2D eigenvalue weighted by molar-refractivity contribution is 5.83. The molecule has 178 valence electrons. The van der Waals surface area contributed by atoms with Gasteiger partial charge in [-0.15, -0.1) is 0 Å². The van der Waals surface area contributed by atoms with Crippen molar-refractivity contribution in [2.45, 2.75) is 56.3 Å².